The minimum absolute atomic E-state index is 0.128. The van der Waals surface area contributed by atoms with Crippen LogP contribution in [0.15, 0.2) is 29.2 Å². The molecule has 25 heavy (non-hydrogen) atoms. The van der Waals surface area contributed by atoms with E-state index in [2.05, 4.69) is 4.72 Å². The molecule has 1 N–H and O–H groups in total. The molecular formula is C18H28ClNO4S. The van der Waals surface area contributed by atoms with Gasteiger partial charge in [0.1, 0.15) is 0 Å². The zero-order valence-corrected chi connectivity index (χ0v) is 16.5. The number of nitrogens with one attached hydrogen (secondary N) is 1. The van der Waals surface area contributed by atoms with Gasteiger partial charge in [0, 0.05) is 25.3 Å². The lowest BCUT2D eigenvalue weighted by molar-refractivity contribution is -0.107. The number of halogens is 1. The lowest BCUT2D eigenvalue weighted by Gasteiger charge is -2.23. The van der Waals surface area contributed by atoms with Crippen molar-refractivity contribution in [2.75, 3.05) is 14.2 Å². The van der Waals surface area contributed by atoms with Crippen molar-refractivity contribution in [2.24, 2.45) is 5.92 Å². The second-order valence-corrected chi connectivity index (χ2v) is 8.79. The summed E-state index contributed by atoms with van der Waals surface area (Å²) >= 11 is 5.85. The SMILES string of the molecule is COC(CCC(CC1CCCC1)NS(=O)(=O)c1ccc(Cl)cc1)OC. The van der Waals surface area contributed by atoms with E-state index in [-0.39, 0.29) is 17.2 Å². The molecule has 1 unspecified atom stereocenters. The van der Waals surface area contributed by atoms with Crippen molar-refractivity contribution in [1.29, 1.82) is 0 Å². The maximum absolute atomic E-state index is 12.7. The fourth-order valence-corrected chi connectivity index (χ4v) is 4.85. The van der Waals surface area contributed by atoms with E-state index in [1.165, 1.54) is 37.8 Å². The van der Waals surface area contributed by atoms with Crippen LogP contribution in [0.4, 0.5) is 0 Å². The van der Waals surface area contributed by atoms with Gasteiger partial charge in [0.05, 0.1) is 4.90 Å². The van der Waals surface area contributed by atoms with Gasteiger partial charge in [-0.25, -0.2) is 13.1 Å². The molecule has 1 fully saturated rings. The first-order valence-electron chi connectivity index (χ1n) is 8.78. The zero-order chi connectivity index (χ0) is 18.3. The van der Waals surface area contributed by atoms with Gasteiger partial charge in [0.25, 0.3) is 0 Å². The molecule has 0 aromatic heterocycles. The molecule has 0 aliphatic heterocycles. The maximum atomic E-state index is 12.7. The summed E-state index contributed by atoms with van der Waals surface area (Å²) in [4.78, 5) is 0.239. The van der Waals surface area contributed by atoms with E-state index in [1.54, 1.807) is 26.4 Å². The van der Waals surface area contributed by atoms with Gasteiger partial charge in [-0.15, -0.1) is 0 Å². The fourth-order valence-electron chi connectivity index (χ4n) is 3.44. The fraction of sp³-hybridized carbons (Fsp3) is 0.667. The molecule has 0 saturated heterocycles. The van der Waals surface area contributed by atoms with Crippen molar-refractivity contribution in [3.05, 3.63) is 29.3 Å². The molecule has 5 nitrogen and oxygen atoms in total. The van der Waals surface area contributed by atoms with Gasteiger partial charge >= 0.3 is 0 Å². The van der Waals surface area contributed by atoms with Crippen LogP contribution < -0.4 is 4.72 Å². The molecule has 1 aromatic carbocycles. The standard InChI is InChI=1S/C18H28ClNO4S/c1-23-18(24-2)12-9-16(13-14-5-3-4-6-14)20-25(21,22)17-10-7-15(19)8-11-17/h7-8,10-11,14,16,18,20H,3-6,9,12-13H2,1-2H3. The van der Waals surface area contributed by atoms with Crippen LogP contribution in [0.1, 0.15) is 44.9 Å². The van der Waals surface area contributed by atoms with E-state index in [0.29, 0.717) is 23.8 Å². The van der Waals surface area contributed by atoms with Gasteiger partial charge in [-0.2, -0.15) is 0 Å². The van der Waals surface area contributed by atoms with Crippen molar-refractivity contribution in [1.82, 2.24) is 4.72 Å². The van der Waals surface area contributed by atoms with E-state index in [9.17, 15) is 8.42 Å². The summed E-state index contributed by atoms with van der Waals surface area (Å²) in [6, 6.07) is 6.12. The Balaban J connectivity index is 2.05. The molecular weight excluding hydrogens is 362 g/mol. The van der Waals surface area contributed by atoms with Crippen LogP contribution >= 0.6 is 11.6 Å². The maximum Gasteiger partial charge on any atom is 0.240 e. The molecule has 1 aromatic rings. The average molecular weight is 390 g/mol. The van der Waals surface area contributed by atoms with E-state index in [0.717, 1.165) is 6.42 Å². The first-order chi connectivity index (χ1) is 11.9. The van der Waals surface area contributed by atoms with Crippen molar-refractivity contribution < 1.29 is 17.9 Å². The summed E-state index contributed by atoms with van der Waals surface area (Å²) in [6.45, 7) is 0. The summed E-state index contributed by atoms with van der Waals surface area (Å²) in [7, 11) is -0.379. The third-order valence-electron chi connectivity index (χ3n) is 4.81. The average Bonchev–Trinajstić information content (AvgIpc) is 3.08. The highest BCUT2D eigenvalue weighted by Gasteiger charge is 2.25. The highest BCUT2D eigenvalue weighted by molar-refractivity contribution is 7.89. The third-order valence-corrected chi connectivity index (χ3v) is 6.60. The molecule has 0 radical (unpaired) electrons. The van der Waals surface area contributed by atoms with Gasteiger partial charge in [0.2, 0.25) is 10.0 Å². The Bertz CT molecular complexity index is 610. The predicted molar refractivity (Wildman–Crippen MR) is 99.2 cm³/mol. The molecule has 0 amide bonds. The summed E-state index contributed by atoms with van der Waals surface area (Å²) in [6.07, 6.45) is 6.69. The van der Waals surface area contributed by atoms with Crippen molar-refractivity contribution in [2.45, 2.75) is 62.2 Å². The number of benzene rings is 1. The number of rotatable bonds is 10. The lowest BCUT2D eigenvalue weighted by Crippen LogP contribution is -2.37. The molecule has 2 rings (SSSR count). The van der Waals surface area contributed by atoms with Crippen LogP contribution in [-0.2, 0) is 19.5 Å². The number of ether oxygens (including phenoxy) is 2. The summed E-state index contributed by atoms with van der Waals surface area (Å²) in [5.74, 6) is 0.585. The van der Waals surface area contributed by atoms with Gasteiger partial charge in [-0.1, -0.05) is 37.3 Å². The number of hydrogen-bond donors (Lipinski definition) is 1. The highest BCUT2D eigenvalue weighted by atomic mass is 35.5. The molecule has 7 heteroatoms. The molecule has 0 heterocycles. The Labute approximate surface area is 156 Å². The van der Waals surface area contributed by atoms with Crippen LogP contribution in [0.2, 0.25) is 5.02 Å². The summed E-state index contributed by atoms with van der Waals surface area (Å²) in [5.41, 5.74) is 0. The highest BCUT2D eigenvalue weighted by Crippen LogP contribution is 2.30. The third kappa shape index (κ3) is 6.53. The van der Waals surface area contributed by atoms with E-state index in [1.807, 2.05) is 0 Å². The van der Waals surface area contributed by atoms with Crippen molar-refractivity contribution >= 4 is 21.6 Å². The van der Waals surface area contributed by atoms with Crippen LogP contribution in [-0.4, -0.2) is 35.0 Å². The quantitative estimate of drug-likeness (QED) is 0.615. The molecule has 1 aliphatic rings. The minimum atomic E-state index is -3.57. The van der Waals surface area contributed by atoms with Crippen molar-refractivity contribution in [3.8, 4) is 0 Å². The molecule has 0 spiro atoms. The Morgan fingerprint density at radius 2 is 1.72 bits per heavy atom. The van der Waals surface area contributed by atoms with E-state index in [4.69, 9.17) is 21.1 Å². The Hall–Kier alpha value is -0.660. The van der Waals surface area contributed by atoms with Gasteiger partial charge in [-0.05, 0) is 49.4 Å². The molecule has 1 saturated carbocycles. The summed E-state index contributed by atoms with van der Waals surface area (Å²) < 4.78 is 38.7. The molecule has 0 bridgehead atoms. The van der Waals surface area contributed by atoms with Crippen LogP contribution in [0, 0.1) is 5.92 Å². The number of sulfonamides is 1. The van der Waals surface area contributed by atoms with E-state index < -0.39 is 10.0 Å². The second kappa shape index (κ2) is 9.88. The minimum Gasteiger partial charge on any atom is -0.356 e. The zero-order valence-electron chi connectivity index (χ0n) is 14.9. The van der Waals surface area contributed by atoms with Crippen LogP contribution in [0.25, 0.3) is 0 Å². The Morgan fingerprint density at radius 3 is 2.28 bits per heavy atom. The van der Waals surface area contributed by atoms with Gasteiger partial charge < -0.3 is 9.47 Å². The molecule has 1 aliphatic carbocycles. The Morgan fingerprint density at radius 1 is 1.12 bits per heavy atom. The normalized spacial score (nSPS) is 17.3. The van der Waals surface area contributed by atoms with Crippen LogP contribution in [0.3, 0.4) is 0 Å². The van der Waals surface area contributed by atoms with Crippen molar-refractivity contribution in [3.63, 3.8) is 0 Å². The number of hydrogen-bond acceptors (Lipinski definition) is 4. The summed E-state index contributed by atoms with van der Waals surface area (Å²) in [5, 5.41) is 0.518. The smallest absolute Gasteiger partial charge is 0.240 e. The molecule has 1 atom stereocenters. The van der Waals surface area contributed by atoms with Gasteiger partial charge in [-0.3, -0.25) is 0 Å². The lowest BCUT2D eigenvalue weighted by atomic mass is 9.96. The first kappa shape index (κ1) is 20.6. The first-order valence-corrected chi connectivity index (χ1v) is 10.6. The van der Waals surface area contributed by atoms with Gasteiger partial charge in [0.15, 0.2) is 6.29 Å². The van der Waals surface area contributed by atoms with Crippen LogP contribution in [0.5, 0.6) is 0 Å². The number of methoxy groups -OCH3 is 2. The topological polar surface area (TPSA) is 64.6 Å². The van der Waals surface area contributed by atoms with E-state index >= 15 is 0 Å². The Kier molecular flexibility index (Phi) is 8.16. The largest absolute Gasteiger partial charge is 0.356 e. The molecule has 142 valence electrons. The second-order valence-electron chi connectivity index (χ2n) is 6.64. The predicted octanol–water partition coefficient (Wildman–Crippen LogP) is 3.97. The monoisotopic (exact) mass is 389 g/mol.